The van der Waals surface area contributed by atoms with Gasteiger partial charge in [-0.3, -0.25) is 0 Å². The van der Waals surface area contributed by atoms with Crippen molar-refractivity contribution in [1.82, 2.24) is 4.98 Å². The molecule has 11 heteroatoms. The Morgan fingerprint density at radius 2 is 1.96 bits per heavy atom. The van der Waals surface area contributed by atoms with Crippen LogP contribution in [0.2, 0.25) is 5.02 Å². The van der Waals surface area contributed by atoms with Gasteiger partial charge in [0.05, 0.1) is 10.6 Å². The Hall–Kier alpha value is -2.19. The average Bonchev–Trinajstić information content (AvgIpc) is 2.53. The number of nitrogens with zero attached hydrogens (tertiary/aromatic N) is 2. The van der Waals surface area contributed by atoms with Crippen LogP contribution >= 0.6 is 11.6 Å². The predicted octanol–water partition coefficient (Wildman–Crippen LogP) is 2.34. The van der Waals surface area contributed by atoms with Crippen LogP contribution in [0, 0.1) is 23.5 Å². The topological polar surface area (TPSA) is 98.3 Å². The maximum Gasteiger partial charge on any atom is 0.417 e. The predicted molar refractivity (Wildman–Crippen MR) is 81.3 cm³/mol. The van der Waals surface area contributed by atoms with Crippen molar-refractivity contribution in [3.63, 3.8) is 0 Å². The highest BCUT2D eigenvalue weighted by Crippen LogP contribution is 2.35. The molecule has 1 heterocycles. The lowest BCUT2D eigenvalue weighted by Gasteiger charge is -2.22. The van der Waals surface area contributed by atoms with E-state index >= 15 is 0 Å². The molecule has 1 unspecified atom stereocenters. The van der Waals surface area contributed by atoms with Crippen molar-refractivity contribution in [2.45, 2.75) is 18.0 Å². The number of alkyl halides is 3. The van der Waals surface area contributed by atoms with E-state index < -0.39 is 47.5 Å². The Morgan fingerprint density at radius 3 is 2.52 bits per heavy atom. The molecule has 0 saturated carbocycles. The van der Waals surface area contributed by atoms with Gasteiger partial charge in [0.25, 0.3) is 0 Å². The highest BCUT2D eigenvalue weighted by atomic mass is 35.5. The van der Waals surface area contributed by atoms with Crippen molar-refractivity contribution < 1.29 is 26.1 Å². The molecule has 132 valence electrons. The summed E-state index contributed by atoms with van der Waals surface area (Å²) in [5.74, 6) is 0. The number of aryl methyl sites for hydroxylation is 1. The van der Waals surface area contributed by atoms with Gasteiger partial charge in [0, 0.05) is 12.3 Å². The van der Waals surface area contributed by atoms with Gasteiger partial charge in [-0.05, 0) is 30.7 Å². The van der Waals surface area contributed by atoms with E-state index in [0.717, 1.165) is 18.2 Å². The summed E-state index contributed by atoms with van der Waals surface area (Å²) in [4.78, 5) is 2.77. The molecule has 0 radical (unpaired) electrons. The minimum atomic E-state index is -4.89. The quantitative estimate of drug-likeness (QED) is 0.810. The molecule has 0 saturated heterocycles. The molecular formula is C14H9ClF3N3O3S. The fraction of sp³-hybridized carbons (Fsp3) is 0.143. The fourth-order valence-electron chi connectivity index (χ4n) is 1.95. The van der Waals surface area contributed by atoms with Gasteiger partial charge in [0.1, 0.15) is 11.0 Å². The number of pyridine rings is 1. The summed E-state index contributed by atoms with van der Waals surface area (Å²) in [7, 11) is -4.83. The molecule has 1 atom stereocenters. The van der Waals surface area contributed by atoms with Gasteiger partial charge in [-0.15, -0.1) is 0 Å². The van der Waals surface area contributed by atoms with Crippen LogP contribution in [0.4, 0.5) is 18.9 Å². The number of aromatic nitrogens is 1. The molecule has 1 aromatic heterocycles. The number of halogens is 4. The molecular weight excluding hydrogens is 383 g/mol. The smallest absolute Gasteiger partial charge is 0.417 e. The number of benzene rings is 1. The largest absolute Gasteiger partial charge is 0.612 e. The molecule has 0 amide bonds. The lowest BCUT2D eigenvalue weighted by molar-refractivity contribution is -0.625. The zero-order chi connectivity index (χ0) is 19.0. The molecule has 0 bridgehead atoms. The van der Waals surface area contributed by atoms with Gasteiger partial charge >= 0.3 is 16.2 Å². The highest BCUT2D eigenvalue weighted by molar-refractivity contribution is 7.85. The van der Waals surface area contributed by atoms with Crippen LogP contribution in [0.5, 0.6) is 0 Å². The number of nitrogens with one attached hydrogen (secondary N) is 1. The Bertz CT molecular complexity index is 972. The standard InChI is InChI=1S/C14H9ClF3N3O3S/c1-8-4-13(12(6-19)20-7-8)21(22)25(23,24)9-2-3-11(15)10(5-9)14(16,17)18/h2-5,7,21H,1H3. The van der Waals surface area contributed by atoms with E-state index in [9.17, 15) is 26.8 Å². The lowest BCUT2D eigenvalue weighted by atomic mass is 10.2. The number of sulfonamides is 1. The van der Waals surface area contributed by atoms with Crippen LogP contribution in [0.25, 0.3) is 0 Å². The SMILES string of the molecule is Cc1cnc(C#N)c([NH+]([O-])S(=O)(=O)c2ccc(Cl)c(C(F)(F)F)c2)c1. The number of nitriles is 1. The van der Waals surface area contributed by atoms with E-state index in [-0.39, 0.29) is 6.07 Å². The first-order chi connectivity index (χ1) is 11.5. The van der Waals surface area contributed by atoms with Crippen molar-refractivity contribution in [2.75, 3.05) is 0 Å². The summed E-state index contributed by atoms with van der Waals surface area (Å²) in [5.41, 5.74) is -1.93. The van der Waals surface area contributed by atoms with E-state index in [1.807, 2.05) is 0 Å². The molecule has 0 fully saturated rings. The second-order valence-electron chi connectivity index (χ2n) is 4.95. The monoisotopic (exact) mass is 391 g/mol. The van der Waals surface area contributed by atoms with Crippen LogP contribution in [-0.2, 0) is 16.2 Å². The summed E-state index contributed by atoms with van der Waals surface area (Å²) in [6.07, 6.45) is -3.64. The number of quaternary nitrogens is 1. The normalized spacial score (nSPS) is 13.3. The van der Waals surface area contributed by atoms with Gasteiger partial charge in [-0.25, -0.2) is 9.45 Å². The molecule has 25 heavy (non-hydrogen) atoms. The summed E-state index contributed by atoms with van der Waals surface area (Å²) >= 11 is 5.44. The van der Waals surface area contributed by atoms with E-state index in [1.54, 1.807) is 6.07 Å². The second-order valence-corrected chi connectivity index (χ2v) is 7.21. The fourth-order valence-corrected chi connectivity index (χ4v) is 3.36. The molecule has 2 aromatic rings. The molecule has 2 rings (SSSR count). The van der Waals surface area contributed by atoms with Crippen LogP contribution in [-0.4, -0.2) is 13.4 Å². The lowest BCUT2D eigenvalue weighted by Crippen LogP contribution is -3.04. The van der Waals surface area contributed by atoms with Gasteiger partial charge in [-0.1, -0.05) is 11.6 Å². The van der Waals surface area contributed by atoms with Gasteiger partial charge in [0.15, 0.2) is 5.69 Å². The zero-order valence-corrected chi connectivity index (χ0v) is 14.0. The third-order valence-corrected chi connectivity index (χ3v) is 5.06. The first kappa shape index (κ1) is 19.1. The zero-order valence-electron chi connectivity index (χ0n) is 12.4. The second kappa shape index (κ2) is 6.61. The van der Waals surface area contributed by atoms with Crippen LogP contribution in [0.1, 0.15) is 16.8 Å². The Morgan fingerprint density at radius 1 is 1.32 bits per heavy atom. The van der Waals surface area contributed by atoms with Gasteiger partial charge < -0.3 is 5.21 Å². The van der Waals surface area contributed by atoms with Crippen molar-refractivity contribution in [1.29, 1.82) is 5.26 Å². The van der Waals surface area contributed by atoms with Crippen molar-refractivity contribution in [2.24, 2.45) is 0 Å². The summed E-state index contributed by atoms with van der Waals surface area (Å²) in [5, 5.41) is 20.6. The van der Waals surface area contributed by atoms with Crippen molar-refractivity contribution >= 4 is 27.3 Å². The maximum atomic E-state index is 12.9. The third kappa shape index (κ3) is 3.74. The van der Waals surface area contributed by atoms with Crippen LogP contribution in [0.15, 0.2) is 35.4 Å². The highest BCUT2D eigenvalue weighted by Gasteiger charge is 2.36. The van der Waals surface area contributed by atoms with Gasteiger partial charge in [0.2, 0.25) is 5.69 Å². The molecule has 0 aliphatic heterocycles. The van der Waals surface area contributed by atoms with Crippen molar-refractivity contribution in [3.8, 4) is 6.07 Å². The first-order valence-corrected chi connectivity index (χ1v) is 8.37. The third-order valence-electron chi connectivity index (χ3n) is 3.15. The molecule has 6 nitrogen and oxygen atoms in total. The maximum absolute atomic E-state index is 12.9. The summed E-state index contributed by atoms with van der Waals surface area (Å²) in [6.45, 7) is 1.52. The molecule has 1 aromatic carbocycles. The van der Waals surface area contributed by atoms with Crippen molar-refractivity contribution in [3.05, 3.63) is 57.5 Å². The summed E-state index contributed by atoms with van der Waals surface area (Å²) < 4.78 is 62.0. The van der Waals surface area contributed by atoms with E-state index in [1.165, 1.54) is 13.1 Å². The van der Waals surface area contributed by atoms with E-state index in [2.05, 4.69) is 4.98 Å². The number of hydrogen-bond acceptors (Lipinski definition) is 5. The van der Waals surface area contributed by atoms with Crippen LogP contribution in [0.3, 0.4) is 0 Å². The van der Waals surface area contributed by atoms with Crippen LogP contribution < -0.4 is 4.47 Å². The molecule has 0 spiro atoms. The summed E-state index contributed by atoms with van der Waals surface area (Å²) in [6, 6.07) is 4.52. The Kier molecular flexibility index (Phi) is 5.06. The average molecular weight is 392 g/mol. The first-order valence-electron chi connectivity index (χ1n) is 6.51. The Balaban J connectivity index is 2.60. The molecule has 1 N–H and O–H groups in total. The Labute approximate surface area is 145 Å². The van der Waals surface area contributed by atoms with E-state index in [4.69, 9.17) is 16.9 Å². The number of hydrogen-bond donors (Lipinski definition) is 1. The minimum Gasteiger partial charge on any atom is -0.612 e. The molecule has 0 aliphatic carbocycles. The minimum absolute atomic E-state index is 0.283. The number of rotatable bonds is 3. The van der Waals surface area contributed by atoms with E-state index in [0.29, 0.717) is 5.56 Å². The molecule has 0 aliphatic rings. The van der Waals surface area contributed by atoms with Gasteiger partial charge in [-0.2, -0.15) is 26.9 Å².